The monoisotopic (exact) mass is 223 g/mol. The number of aromatic nitrogens is 2. The fourth-order valence-corrected chi connectivity index (χ4v) is 1.57. The van der Waals surface area contributed by atoms with Crippen LogP contribution in [0.4, 0.5) is 5.82 Å². The van der Waals surface area contributed by atoms with Crippen LogP contribution >= 0.6 is 0 Å². The number of nitrogens with one attached hydrogen (secondary N) is 1. The van der Waals surface area contributed by atoms with Crippen LogP contribution in [0, 0.1) is 12.3 Å². The topological polar surface area (TPSA) is 58.0 Å². The smallest absolute Gasteiger partial charge is 0.147 e. The van der Waals surface area contributed by atoms with Gasteiger partial charge in [0.2, 0.25) is 0 Å². The molecule has 1 aromatic rings. The summed E-state index contributed by atoms with van der Waals surface area (Å²) in [7, 11) is 0. The molecule has 0 amide bonds. The minimum atomic E-state index is -0.360. The van der Waals surface area contributed by atoms with E-state index in [-0.39, 0.29) is 11.5 Å². The first kappa shape index (κ1) is 12.9. The normalized spacial score (nSPS) is 13.6. The second-order valence-corrected chi connectivity index (χ2v) is 5.29. The fourth-order valence-electron chi connectivity index (χ4n) is 1.57. The van der Waals surface area contributed by atoms with Crippen LogP contribution in [-0.4, -0.2) is 27.7 Å². The number of nitrogens with zero attached hydrogens (tertiary/aromatic N) is 2. The van der Waals surface area contributed by atoms with Crippen molar-refractivity contribution in [3.63, 3.8) is 0 Å². The van der Waals surface area contributed by atoms with Crippen LogP contribution in [0.2, 0.25) is 0 Å². The van der Waals surface area contributed by atoms with E-state index < -0.39 is 0 Å². The van der Waals surface area contributed by atoms with E-state index in [1.54, 1.807) is 12.4 Å². The molecule has 4 nitrogen and oxygen atoms in total. The molecular weight excluding hydrogens is 202 g/mol. The molecule has 0 aliphatic heterocycles. The molecule has 0 radical (unpaired) electrons. The predicted octanol–water partition coefficient (Wildman–Crippen LogP) is 1.99. The predicted molar refractivity (Wildman–Crippen MR) is 65.3 cm³/mol. The van der Waals surface area contributed by atoms with Gasteiger partial charge in [0.25, 0.3) is 0 Å². The largest absolute Gasteiger partial charge is 0.391 e. The third-order valence-electron chi connectivity index (χ3n) is 2.23. The van der Waals surface area contributed by atoms with Crippen LogP contribution in [0.1, 0.15) is 32.9 Å². The third-order valence-corrected chi connectivity index (χ3v) is 2.23. The lowest BCUT2D eigenvalue weighted by Crippen LogP contribution is -2.25. The van der Waals surface area contributed by atoms with Gasteiger partial charge in [0, 0.05) is 18.9 Å². The van der Waals surface area contributed by atoms with Gasteiger partial charge in [-0.15, -0.1) is 0 Å². The molecule has 16 heavy (non-hydrogen) atoms. The number of aliphatic hydroxyl groups excluding tert-OH is 1. The highest BCUT2D eigenvalue weighted by Gasteiger charge is 2.16. The van der Waals surface area contributed by atoms with E-state index in [0.29, 0.717) is 6.54 Å². The molecule has 1 unspecified atom stereocenters. The molecule has 0 saturated carbocycles. The van der Waals surface area contributed by atoms with Gasteiger partial charge in [0.05, 0.1) is 11.8 Å². The molecule has 2 N–H and O–H groups in total. The molecule has 0 spiro atoms. The maximum Gasteiger partial charge on any atom is 0.147 e. The second kappa shape index (κ2) is 5.25. The first-order valence-electron chi connectivity index (χ1n) is 5.58. The Morgan fingerprint density at radius 3 is 2.50 bits per heavy atom. The van der Waals surface area contributed by atoms with Crippen molar-refractivity contribution in [1.82, 2.24) is 9.97 Å². The maximum absolute atomic E-state index is 9.83. The van der Waals surface area contributed by atoms with E-state index in [9.17, 15) is 5.11 Å². The number of aryl methyl sites for hydroxylation is 1. The summed E-state index contributed by atoms with van der Waals surface area (Å²) < 4.78 is 0. The SMILES string of the molecule is Cc1nccnc1NCC(O)CC(C)(C)C. The molecule has 1 aromatic heterocycles. The van der Waals surface area contributed by atoms with E-state index in [1.807, 2.05) is 6.92 Å². The summed E-state index contributed by atoms with van der Waals surface area (Å²) in [4.78, 5) is 8.29. The van der Waals surface area contributed by atoms with Crippen molar-refractivity contribution in [2.75, 3.05) is 11.9 Å². The number of rotatable bonds is 4. The quantitative estimate of drug-likeness (QED) is 0.819. The first-order chi connectivity index (χ1) is 7.38. The molecule has 0 saturated heterocycles. The molecular formula is C12H21N3O. The van der Waals surface area contributed by atoms with Gasteiger partial charge in [-0.05, 0) is 18.8 Å². The fraction of sp³-hybridized carbons (Fsp3) is 0.667. The van der Waals surface area contributed by atoms with Gasteiger partial charge in [-0.3, -0.25) is 4.98 Å². The standard InChI is InChI=1S/C12H21N3O/c1-9-11(14-6-5-13-9)15-8-10(16)7-12(2,3)4/h5-6,10,16H,7-8H2,1-4H3,(H,14,15). The van der Waals surface area contributed by atoms with Crippen molar-refractivity contribution in [3.8, 4) is 0 Å². The van der Waals surface area contributed by atoms with Gasteiger partial charge in [-0.1, -0.05) is 20.8 Å². The summed E-state index contributed by atoms with van der Waals surface area (Å²) >= 11 is 0. The van der Waals surface area contributed by atoms with E-state index in [1.165, 1.54) is 0 Å². The maximum atomic E-state index is 9.83. The summed E-state index contributed by atoms with van der Waals surface area (Å²) in [5, 5.41) is 12.9. The van der Waals surface area contributed by atoms with Crippen molar-refractivity contribution in [2.45, 2.75) is 40.2 Å². The molecule has 0 bridgehead atoms. The Labute approximate surface area is 97.1 Å². The third kappa shape index (κ3) is 4.57. The van der Waals surface area contributed by atoms with Crippen molar-refractivity contribution in [1.29, 1.82) is 0 Å². The zero-order chi connectivity index (χ0) is 12.2. The zero-order valence-corrected chi connectivity index (χ0v) is 10.5. The Morgan fingerprint density at radius 2 is 1.94 bits per heavy atom. The van der Waals surface area contributed by atoms with Gasteiger partial charge in [-0.2, -0.15) is 0 Å². The number of hydrogen-bond acceptors (Lipinski definition) is 4. The lowest BCUT2D eigenvalue weighted by atomic mass is 9.89. The van der Waals surface area contributed by atoms with Gasteiger partial charge in [0.1, 0.15) is 5.82 Å². The molecule has 90 valence electrons. The van der Waals surface area contributed by atoms with Gasteiger partial charge in [0.15, 0.2) is 0 Å². The van der Waals surface area contributed by atoms with Crippen molar-refractivity contribution in [3.05, 3.63) is 18.1 Å². The molecule has 0 aromatic carbocycles. The minimum Gasteiger partial charge on any atom is -0.391 e. The highest BCUT2D eigenvalue weighted by molar-refractivity contribution is 5.38. The van der Waals surface area contributed by atoms with E-state index in [4.69, 9.17) is 0 Å². The summed E-state index contributed by atoms with van der Waals surface area (Å²) in [6.45, 7) is 8.75. The average molecular weight is 223 g/mol. The Morgan fingerprint density at radius 1 is 1.31 bits per heavy atom. The summed E-state index contributed by atoms with van der Waals surface area (Å²) in [6, 6.07) is 0. The van der Waals surface area contributed by atoms with E-state index >= 15 is 0 Å². The van der Waals surface area contributed by atoms with Crippen LogP contribution in [-0.2, 0) is 0 Å². The first-order valence-corrected chi connectivity index (χ1v) is 5.58. The lowest BCUT2D eigenvalue weighted by molar-refractivity contribution is 0.132. The van der Waals surface area contributed by atoms with Crippen LogP contribution in [0.15, 0.2) is 12.4 Å². The number of anilines is 1. The molecule has 0 aliphatic rings. The molecule has 0 fully saturated rings. The van der Waals surface area contributed by atoms with E-state index in [0.717, 1.165) is 17.9 Å². The number of aliphatic hydroxyl groups is 1. The molecule has 1 heterocycles. The Balaban J connectivity index is 2.43. The number of hydrogen-bond donors (Lipinski definition) is 2. The van der Waals surface area contributed by atoms with Crippen LogP contribution in [0.3, 0.4) is 0 Å². The van der Waals surface area contributed by atoms with Crippen LogP contribution in [0.25, 0.3) is 0 Å². The minimum absolute atomic E-state index is 0.137. The van der Waals surface area contributed by atoms with Crippen molar-refractivity contribution < 1.29 is 5.11 Å². The highest BCUT2D eigenvalue weighted by atomic mass is 16.3. The van der Waals surface area contributed by atoms with Crippen LogP contribution < -0.4 is 5.32 Å². The van der Waals surface area contributed by atoms with Crippen molar-refractivity contribution in [2.24, 2.45) is 5.41 Å². The molecule has 1 rings (SSSR count). The lowest BCUT2D eigenvalue weighted by Gasteiger charge is -2.22. The Hall–Kier alpha value is -1.16. The Bertz CT molecular complexity index is 333. The molecule has 4 heteroatoms. The van der Waals surface area contributed by atoms with Gasteiger partial charge < -0.3 is 10.4 Å². The van der Waals surface area contributed by atoms with Crippen molar-refractivity contribution >= 4 is 5.82 Å². The molecule has 1 atom stereocenters. The highest BCUT2D eigenvalue weighted by Crippen LogP contribution is 2.20. The van der Waals surface area contributed by atoms with Gasteiger partial charge in [-0.25, -0.2) is 4.98 Å². The zero-order valence-electron chi connectivity index (χ0n) is 10.5. The summed E-state index contributed by atoms with van der Waals surface area (Å²) in [5.41, 5.74) is 0.990. The second-order valence-electron chi connectivity index (χ2n) is 5.29. The summed E-state index contributed by atoms with van der Waals surface area (Å²) in [5.74, 6) is 0.746. The van der Waals surface area contributed by atoms with Crippen LogP contribution in [0.5, 0.6) is 0 Å². The average Bonchev–Trinajstić information content (AvgIpc) is 2.14. The van der Waals surface area contributed by atoms with E-state index in [2.05, 4.69) is 36.1 Å². The Kier molecular flexibility index (Phi) is 4.24. The van der Waals surface area contributed by atoms with Gasteiger partial charge >= 0.3 is 0 Å². The summed E-state index contributed by atoms with van der Waals surface area (Å²) in [6.07, 6.45) is 3.71. The molecule has 0 aliphatic carbocycles.